The number of likely N-dealkylation sites (N-methyl/N-ethyl adjacent to an activating group) is 1. The van der Waals surface area contributed by atoms with E-state index in [-0.39, 0.29) is 6.10 Å². The Morgan fingerprint density at radius 1 is 1.09 bits per heavy atom. The van der Waals surface area contributed by atoms with Crippen molar-refractivity contribution in [1.29, 1.82) is 0 Å². The van der Waals surface area contributed by atoms with Gasteiger partial charge in [0.15, 0.2) is 11.5 Å². The van der Waals surface area contributed by atoms with Crippen LogP contribution < -0.4 is 14.8 Å². The lowest BCUT2D eigenvalue weighted by molar-refractivity contribution is 0.223. The van der Waals surface area contributed by atoms with Crippen LogP contribution in [0.3, 0.4) is 0 Å². The standard InChI is InChI=1S/C18H32N2O2/c1-6-20(7-2)12-11-19-14-16-9-10-17(22-15(4)5)18(13-16)21-8-3/h9-10,13,15,19H,6-8,11-12,14H2,1-5H3. The highest BCUT2D eigenvalue weighted by atomic mass is 16.5. The molecule has 1 aromatic rings. The molecule has 0 saturated heterocycles. The fourth-order valence-electron chi connectivity index (χ4n) is 2.29. The van der Waals surface area contributed by atoms with Crippen LogP contribution in [-0.4, -0.2) is 43.8 Å². The first-order chi connectivity index (χ1) is 10.6. The van der Waals surface area contributed by atoms with E-state index in [0.29, 0.717) is 6.61 Å². The number of nitrogens with zero attached hydrogens (tertiary/aromatic N) is 1. The molecule has 0 spiro atoms. The second kappa shape index (κ2) is 10.5. The molecule has 0 saturated carbocycles. The lowest BCUT2D eigenvalue weighted by atomic mass is 10.2. The molecule has 0 radical (unpaired) electrons. The van der Waals surface area contributed by atoms with Crippen molar-refractivity contribution in [2.24, 2.45) is 0 Å². The van der Waals surface area contributed by atoms with Crippen LogP contribution in [0.1, 0.15) is 40.2 Å². The van der Waals surface area contributed by atoms with Gasteiger partial charge in [-0.1, -0.05) is 19.9 Å². The van der Waals surface area contributed by atoms with Gasteiger partial charge in [-0.05, 0) is 51.6 Å². The molecule has 22 heavy (non-hydrogen) atoms. The van der Waals surface area contributed by atoms with E-state index < -0.39 is 0 Å². The number of hydrogen-bond donors (Lipinski definition) is 1. The first-order valence-electron chi connectivity index (χ1n) is 8.46. The molecule has 1 N–H and O–H groups in total. The molecule has 0 bridgehead atoms. The van der Waals surface area contributed by atoms with Crippen molar-refractivity contribution in [3.05, 3.63) is 23.8 Å². The van der Waals surface area contributed by atoms with E-state index in [1.807, 2.05) is 26.8 Å². The maximum absolute atomic E-state index is 5.79. The molecule has 0 aliphatic carbocycles. The molecule has 0 aliphatic rings. The molecule has 1 aromatic carbocycles. The van der Waals surface area contributed by atoms with Crippen molar-refractivity contribution in [2.45, 2.75) is 47.3 Å². The Morgan fingerprint density at radius 2 is 1.82 bits per heavy atom. The van der Waals surface area contributed by atoms with Gasteiger partial charge in [0, 0.05) is 19.6 Å². The van der Waals surface area contributed by atoms with Crippen LogP contribution in [0.2, 0.25) is 0 Å². The molecule has 1 rings (SSSR count). The van der Waals surface area contributed by atoms with E-state index in [4.69, 9.17) is 9.47 Å². The zero-order chi connectivity index (χ0) is 16.4. The Balaban J connectivity index is 2.54. The van der Waals surface area contributed by atoms with Crippen LogP contribution in [0, 0.1) is 0 Å². The highest BCUT2D eigenvalue weighted by Crippen LogP contribution is 2.29. The lowest BCUT2D eigenvalue weighted by Gasteiger charge is -2.18. The Hall–Kier alpha value is -1.26. The molecule has 4 nitrogen and oxygen atoms in total. The van der Waals surface area contributed by atoms with Crippen LogP contribution in [0.25, 0.3) is 0 Å². The summed E-state index contributed by atoms with van der Waals surface area (Å²) in [4.78, 5) is 2.41. The SMILES string of the molecule is CCOc1cc(CNCCN(CC)CC)ccc1OC(C)C. The van der Waals surface area contributed by atoms with Crippen molar-refractivity contribution in [3.8, 4) is 11.5 Å². The first-order valence-corrected chi connectivity index (χ1v) is 8.46. The van der Waals surface area contributed by atoms with Crippen molar-refractivity contribution < 1.29 is 9.47 Å². The predicted molar refractivity (Wildman–Crippen MR) is 92.9 cm³/mol. The molecule has 0 heterocycles. The quantitative estimate of drug-likeness (QED) is 0.636. The molecule has 0 aromatic heterocycles. The van der Waals surface area contributed by atoms with Gasteiger partial charge in [-0.2, -0.15) is 0 Å². The zero-order valence-corrected chi connectivity index (χ0v) is 14.8. The highest BCUT2D eigenvalue weighted by molar-refractivity contribution is 5.43. The van der Waals surface area contributed by atoms with E-state index in [9.17, 15) is 0 Å². The normalized spacial score (nSPS) is 11.2. The molecule has 0 atom stereocenters. The van der Waals surface area contributed by atoms with Crippen LogP contribution in [0.15, 0.2) is 18.2 Å². The minimum Gasteiger partial charge on any atom is -0.490 e. The predicted octanol–water partition coefficient (Wildman–Crippen LogP) is 3.30. The summed E-state index contributed by atoms with van der Waals surface area (Å²) in [6.45, 7) is 16.2. The Bertz CT molecular complexity index is 418. The van der Waals surface area contributed by atoms with Crippen molar-refractivity contribution in [1.82, 2.24) is 10.2 Å². The van der Waals surface area contributed by atoms with E-state index in [1.165, 1.54) is 5.56 Å². The van der Waals surface area contributed by atoms with E-state index in [1.54, 1.807) is 0 Å². The average Bonchev–Trinajstić information content (AvgIpc) is 2.49. The van der Waals surface area contributed by atoms with Crippen molar-refractivity contribution in [3.63, 3.8) is 0 Å². The smallest absolute Gasteiger partial charge is 0.161 e. The van der Waals surface area contributed by atoms with Gasteiger partial charge in [0.05, 0.1) is 12.7 Å². The molecule has 0 fully saturated rings. The van der Waals surface area contributed by atoms with Gasteiger partial charge in [0.25, 0.3) is 0 Å². The van der Waals surface area contributed by atoms with Crippen LogP contribution in [-0.2, 0) is 6.54 Å². The molecule has 4 heteroatoms. The molecule has 0 unspecified atom stereocenters. The van der Waals surface area contributed by atoms with E-state index in [0.717, 1.165) is 44.2 Å². The Labute approximate surface area is 135 Å². The van der Waals surface area contributed by atoms with Gasteiger partial charge in [-0.3, -0.25) is 0 Å². The summed E-state index contributed by atoms with van der Waals surface area (Å²) >= 11 is 0. The number of rotatable bonds is 11. The van der Waals surface area contributed by atoms with Gasteiger partial charge in [-0.15, -0.1) is 0 Å². The number of benzene rings is 1. The largest absolute Gasteiger partial charge is 0.490 e. The van der Waals surface area contributed by atoms with Gasteiger partial charge < -0.3 is 19.7 Å². The summed E-state index contributed by atoms with van der Waals surface area (Å²) in [7, 11) is 0. The summed E-state index contributed by atoms with van der Waals surface area (Å²) in [5.74, 6) is 1.66. The minimum absolute atomic E-state index is 0.150. The van der Waals surface area contributed by atoms with Gasteiger partial charge in [-0.25, -0.2) is 0 Å². The summed E-state index contributed by atoms with van der Waals surface area (Å²) in [6.07, 6.45) is 0.150. The second-order valence-corrected chi connectivity index (χ2v) is 5.58. The van der Waals surface area contributed by atoms with Crippen LogP contribution in [0.4, 0.5) is 0 Å². The van der Waals surface area contributed by atoms with Gasteiger partial charge in [0.2, 0.25) is 0 Å². The third-order valence-corrected chi connectivity index (χ3v) is 3.50. The number of ether oxygens (including phenoxy) is 2. The van der Waals surface area contributed by atoms with Crippen LogP contribution in [0.5, 0.6) is 11.5 Å². The molecule has 0 aliphatic heterocycles. The molecule has 126 valence electrons. The summed E-state index contributed by atoms with van der Waals surface area (Å²) in [6, 6.07) is 6.18. The summed E-state index contributed by atoms with van der Waals surface area (Å²) < 4.78 is 11.5. The monoisotopic (exact) mass is 308 g/mol. The third-order valence-electron chi connectivity index (χ3n) is 3.50. The lowest BCUT2D eigenvalue weighted by Crippen LogP contribution is -2.31. The summed E-state index contributed by atoms with van der Waals surface area (Å²) in [5, 5.41) is 3.49. The fraction of sp³-hybridized carbons (Fsp3) is 0.667. The van der Waals surface area contributed by atoms with Gasteiger partial charge in [0.1, 0.15) is 0 Å². The first kappa shape index (κ1) is 18.8. The number of hydrogen-bond acceptors (Lipinski definition) is 4. The maximum Gasteiger partial charge on any atom is 0.161 e. The van der Waals surface area contributed by atoms with Crippen molar-refractivity contribution >= 4 is 0 Å². The minimum atomic E-state index is 0.150. The van der Waals surface area contributed by atoms with Crippen LogP contribution >= 0.6 is 0 Å². The summed E-state index contributed by atoms with van der Waals surface area (Å²) in [5.41, 5.74) is 1.22. The van der Waals surface area contributed by atoms with E-state index in [2.05, 4.69) is 36.2 Å². The average molecular weight is 308 g/mol. The third kappa shape index (κ3) is 6.67. The van der Waals surface area contributed by atoms with E-state index >= 15 is 0 Å². The van der Waals surface area contributed by atoms with Crippen molar-refractivity contribution in [2.75, 3.05) is 32.8 Å². The highest BCUT2D eigenvalue weighted by Gasteiger charge is 2.08. The topological polar surface area (TPSA) is 33.7 Å². The Kier molecular flexibility index (Phi) is 8.94. The second-order valence-electron chi connectivity index (χ2n) is 5.58. The molecule has 0 amide bonds. The maximum atomic E-state index is 5.79. The molecular formula is C18H32N2O2. The zero-order valence-electron chi connectivity index (χ0n) is 14.8. The van der Waals surface area contributed by atoms with Gasteiger partial charge >= 0.3 is 0 Å². The Morgan fingerprint density at radius 3 is 2.41 bits per heavy atom. The molecular weight excluding hydrogens is 276 g/mol. The number of nitrogens with one attached hydrogen (secondary N) is 1. The fourth-order valence-corrected chi connectivity index (χ4v) is 2.29.